The van der Waals surface area contributed by atoms with Crippen LogP contribution in [-0.2, 0) is 11.2 Å². The van der Waals surface area contributed by atoms with Crippen LogP contribution in [0.3, 0.4) is 0 Å². The van der Waals surface area contributed by atoms with Gasteiger partial charge in [0.25, 0.3) is 0 Å². The normalized spacial score (nSPS) is 22.1. The fourth-order valence-electron chi connectivity index (χ4n) is 3.32. The van der Waals surface area contributed by atoms with E-state index in [-0.39, 0.29) is 0 Å². The molecule has 1 saturated carbocycles. The van der Waals surface area contributed by atoms with Gasteiger partial charge in [0.05, 0.1) is 6.61 Å². The minimum absolute atomic E-state index is 0.694. The molecule has 1 aliphatic carbocycles. The summed E-state index contributed by atoms with van der Waals surface area (Å²) in [7, 11) is 0. The molecule has 0 N–H and O–H groups in total. The Morgan fingerprint density at radius 1 is 1.14 bits per heavy atom. The summed E-state index contributed by atoms with van der Waals surface area (Å²) in [6.45, 7) is 7.56. The van der Waals surface area contributed by atoms with Crippen LogP contribution in [0.15, 0.2) is 36.9 Å². The molecule has 0 amide bonds. The van der Waals surface area contributed by atoms with Crippen molar-refractivity contribution in [3.63, 3.8) is 0 Å². The molecule has 0 saturated heterocycles. The molecule has 1 fully saturated rings. The molecule has 0 radical (unpaired) electrons. The third-order valence-electron chi connectivity index (χ3n) is 4.71. The average molecular weight is 286 g/mol. The second-order valence-corrected chi connectivity index (χ2v) is 6.39. The van der Waals surface area contributed by atoms with Crippen LogP contribution in [0.2, 0.25) is 0 Å². The summed E-state index contributed by atoms with van der Waals surface area (Å²) in [5, 5.41) is 0. The molecule has 0 spiro atoms. The van der Waals surface area contributed by atoms with E-state index in [1.807, 2.05) is 6.08 Å². The van der Waals surface area contributed by atoms with Gasteiger partial charge >= 0.3 is 0 Å². The first-order valence-corrected chi connectivity index (χ1v) is 8.61. The first-order chi connectivity index (χ1) is 10.3. The Balaban J connectivity index is 1.77. The molecule has 116 valence electrons. The largest absolute Gasteiger partial charge is 0.377 e. The molecule has 0 bridgehead atoms. The summed E-state index contributed by atoms with van der Waals surface area (Å²) in [4.78, 5) is 0. The summed E-state index contributed by atoms with van der Waals surface area (Å²) in [5.74, 6) is 1.52. The van der Waals surface area contributed by atoms with Crippen LogP contribution in [0.25, 0.3) is 0 Å². The maximum absolute atomic E-state index is 5.60. The smallest absolute Gasteiger partial charge is 0.0644 e. The van der Waals surface area contributed by atoms with Crippen LogP contribution < -0.4 is 0 Å². The first kappa shape index (κ1) is 16.3. The minimum atomic E-state index is 0.694. The van der Waals surface area contributed by atoms with E-state index < -0.39 is 0 Å². The Kier molecular flexibility index (Phi) is 7.02. The van der Waals surface area contributed by atoms with Crippen LogP contribution in [0.4, 0.5) is 0 Å². The number of ether oxygens (including phenoxy) is 1. The molecular formula is C20H30O. The van der Waals surface area contributed by atoms with E-state index >= 15 is 0 Å². The minimum Gasteiger partial charge on any atom is -0.377 e. The summed E-state index contributed by atoms with van der Waals surface area (Å²) < 4.78 is 5.60. The van der Waals surface area contributed by atoms with Crippen LogP contribution >= 0.6 is 0 Å². The lowest BCUT2D eigenvalue weighted by Gasteiger charge is -2.28. The van der Waals surface area contributed by atoms with Crippen molar-refractivity contribution in [3.8, 4) is 0 Å². The fourth-order valence-corrected chi connectivity index (χ4v) is 3.32. The van der Waals surface area contributed by atoms with Gasteiger partial charge in [-0.15, -0.1) is 6.58 Å². The van der Waals surface area contributed by atoms with Gasteiger partial charge in [0.1, 0.15) is 0 Å². The monoisotopic (exact) mass is 286 g/mol. The van der Waals surface area contributed by atoms with Crippen molar-refractivity contribution >= 4 is 0 Å². The Labute approximate surface area is 130 Å². The number of benzene rings is 1. The second-order valence-electron chi connectivity index (χ2n) is 6.39. The van der Waals surface area contributed by atoms with E-state index in [0.717, 1.165) is 18.4 Å². The number of rotatable bonds is 8. The van der Waals surface area contributed by atoms with Crippen LogP contribution in [-0.4, -0.2) is 13.2 Å². The molecular weight excluding hydrogens is 256 g/mol. The molecule has 1 nitrogen and oxygen atoms in total. The highest BCUT2D eigenvalue weighted by molar-refractivity contribution is 5.25. The van der Waals surface area contributed by atoms with E-state index in [1.165, 1.54) is 50.5 Å². The average Bonchev–Trinajstić information content (AvgIpc) is 2.54. The van der Waals surface area contributed by atoms with Gasteiger partial charge in [0, 0.05) is 6.61 Å². The standard InChI is InChI=1S/C20H30O/c1-3-5-6-17-7-11-19(12-8-17)20-13-9-18(10-14-20)16-21-15-4-2/h4,7-8,11-12,18,20H,2-3,5-6,9-10,13-16H2,1H3. The molecule has 2 rings (SSSR count). The van der Waals surface area contributed by atoms with Gasteiger partial charge in [-0.05, 0) is 61.5 Å². The lowest BCUT2D eigenvalue weighted by atomic mass is 9.79. The van der Waals surface area contributed by atoms with E-state index in [0.29, 0.717) is 6.61 Å². The third kappa shape index (κ3) is 5.32. The van der Waals surface area contributed by atoms with Gasteiger partial charge in [-0.25, -0.2) is 0 Å². The fraction of sp³-hybridized carbons (Fsp3) is 0.600. The molecule has 0 aliphatic heterocycles. The highest BCUT2D eigenvalue weighted by Gasteiger charge is 2.22. The molecule has 0 aromatic heterocycles. The molecule has 1 aromatic rings. The van der Waals surface area contributed by atoms with Crippen LogP contribution in [0.1, 0.15) is 62.5 Å². The Morgan fingerprint density at radius 2 is 1.86 bits per heavy atom. The predicted octanol–water partition coefficient (Wildman–Crippen LogP) is 5.51. The maximum atomic E-state index is 5.60. The number of hydrogen-bond donors (Lipinski definition) is 0. The lowest BCUT2D eigenvalue weighted by Crippen LogP contribution is -2.18. The van der Waals surface area contributed by atoms with Crippen LogP contribution in [0.5, 0.6) is 0 Å². The number of hydrogen-bond acceptors (Lipinski definition) is 1. The molecule has 21 heavy (non-hydrogen) atoms. The van der Waals surface area contributed by atoms with Crippen molar-refractivity contribution in [3.05, 3.63) is 48.0 Å². The van der Waals surface area contributed by atoms with Gasteiger partial charge in [-0.2, -0.15) is 0 Å². The van der Waals surface area contributed by atoms with E-state index in [4.69, 9.17) is 4.74 Å². The van der Waals surface area contributed by atoms with Crippen molar-refractivity contribution in [2.75, 3.05) is 13.2 Å². The predicted molar refractivity (Wildman–Crippen MR) is 90.8 cm³/mol. The number of unbranched alkanes of at least 4 members (excludes halogenated alkanes) is 1. The molecule has 1 heteroatoms. The molecule has 1 aliphatic rings. The van der Waals surface area contributed by atoms with Crippen molar-refractivity contribution in [1.29, 1.82) is 0 Å². The van der Waals surface area contributed by atoms with Gasteiger partial charge < -0.3 is 4.74 Å². The Morgan fingerprint density at radius 3 is 2.48 bits per heavy atom. The van der Waals surface area contributed by atoms with Gasteiger partial charge in [-0.1, -0.05) is 43.7 Å². The van der Waals surface area contributed by atoms with Crippen molar-refractivity contribution in [2.45, 2.75) is 57.8 Å². The zero-order valence-electron chi connectivity index (χ0n) is 13.5. The first-order valence-electron chi connectivity index (χ1n) is 8.61. The topological polar surface area (TPSA) is 9.23 Å². The molecule has 0 heterocycles. The number of aryl methyl sites for hydroxylation is 1. The SMILES string of the molecule is C=CCOCC1CCC(c2ccc(CCCC)cc2)CC1. The summed E-state index contributed by atoms with van der Waals surface area (Å²) >= 11 is 0. The third-order valence-corrected chi connectivity index (χ3v) is 4.71. The molecule has 1 aromatic carbocycles. The molecule has 0 atom stereocenters. The summed E-state index contributed by atoms with van der Waals surface area (Å²) in [6.07, 6.45) is 10.9. The van der Waals surface area contributed by atoms with Gasteiger partial charge in [0.15, 0.2) is 0 Å². The van der Waals surface area contributed by atoms with Gasteiger partial charge in [0.2, 0.25) is 0 Å². The van der Waals surface area contributed by atoms with E-state index in [2.05, 4.69) is 37.8 Å². The Bertz CT molecular complexity index is 398. The zero-order chi connectivity index (χ0) is 14.9. The summed E-state index contributed by atoms with van der Waals surface area (Å²) in [6, 6.07) is 9.41. The van der Waals surface area contributed by atoms with Crippen LogP contribution in [0, 0.1) is 5.92 Å². The Hall–Kier alpha value is -1.08. The van der Waals surface area contributed by atoms with Crippen molar-refractivity contribution in [1.82, 2.24) is 0 Å². The van der Waals surface area contributed by atoms with Gasteiger partial charge in [-0.3, -0.25) is 0 Å². The molecule has 0 unspecified atom stereocenters. The summed E-state index contributed by atoms with van der Waals surface area (Å²) in [5.41, 5.74) is 3.04. The van der Waals surface area contributed by atoms with Crippen molar-refractivity contribution in [2.24, 2.45) is 5.92 Å². The van der Waals surface area contributed by atoms with E-state index in [9.17, 15) is 0 Å². The highest BCUT2D eigenvalue weighted by Crippen LogP contribution is 2.35. The zero-order valence-corrected chi connectivity index (χ0v) is 13.5. The quantitative estimate of drug-likeness (QED) is 0.452. The second kappa shape index (κ2) is 9.04. The maximum Gasteiger partial charge on any atom is 0.0644 e. The van der Waals surface area contributed by atoms with Crippen molar-refractivity contribution < 1.29 is 4.74 Å². The van der Waals surface area contributed by atoms with E-state index in [1.54, 1.807) is 5.56 Å². The lowest BCUT2D eigenvalue weighted by molar-refractivity contribution is 0.102. The highest BCUT2D eigenvalue weighted by atomic mass is 16.5.